The van der Waals surface area contributed by atoms with Crippen molar-refractivity contribution in [1.29, 1.82) is 0 Å². The standard InChI is InChI=1S/C22H20ClF4N3O4/c1-21(2,32)10-30-19(22(25,26)27)13(7-29-30)18-17(20(31)34-11-8-33-9-11)12(6-28-18)16-14(23)4-3-5-15(16)24/h3-7,11,28,32H,8-10H2,1-2H3. The number of rotatable bonds is 6. The van der Waals surface area contributed by atoms with Crippen LogP contribution in [-0.4, -0.2) is 50.8 Å². The second-order valence-corrected chi connectivity index (χ2v) is 8.90. The van der Waals surface area contributed by atoms with Crippen LogP contribution in [0.3, 0.4) is 0 Å². The number of nitrogens with one attached hydrogen (secondary N) is 1. The first-order chi connectivity index (χ1) is 15.9. The van der Waals surface area contributed by atoms with E-state index < -0.39 is 47.5 Å². The summed E-state index contributed by atoms with van der Waals surface area (Å²) in [6.45, 7) is 2.49. The molecule has 0 spiro atoms. The molecule has 7 nitrogen and oxygen atoms in total. The van der Waals surface area contributed by atoms with Crippen LogP contribution in [0.5, 0.6) is 0 Å². The molecule has 12 heteroatoms. The molecule has 2 aromatic heterocycles. The third-order valence-electron chi connectivity index (χ3n) is 5.11. The number of nitrogens with zero attached hydrogens (tertiary/aromatic N) is 2. The van der Waals surface area contributed by atoms with Crippen LogP contribution in [0.2, 0.25) is 5.02 Å². The monoisotopic (exact) mass is 501 g/mol. The van der Waals surface area contributed by atoms with Crippen LogP contribution in [0.1, 0.15) is 29.9 Å². The second-order valence-electron chi connectivity index (χ2n) is 8.49. The van der Waals surface area contributed by atoms with E-state index in [-0.39, 0.29) is 40.6 Å². The summed E-state index contributed by atoms with van der Waals surface area (Å²) in [5.41, 5.74) is -3.98. The molecule has 0 radical (unpaired) electrons. The third-order valence-corrected chi connectivity index (χ3v) is 5.43. The summed E-state index contributed by atoms with van der Waals surface area (Å²) in [6.07, 6.45) is -3.35. The van der Waals surface area contributed by atoms with E-state index in [0.29, 0.717) is 4.68 Å². The summed E-state index contributed by atoms with van der Waals surface area (Å²) in [7, 11) is 0. The Bertz CT molecular complexity index is 1210. The minimum Gasteiger partial charge on any atom is -0.454 e. The van der Waals surface area contributed by atoms with Gasteiger partial charge in [-0.15, -0.1) is 0 Å². The van der Waals surface area contributed by atoms with Crippen molar-refractivity contribution < 1.29 is 36.9 Å². The van der Waals surface area contributed by atoms with E-state index >= 15 is 0 Å². The lowest BCUT2D eigenvalue weighted by atomic mass is 9.99. The van der Waals surface area contributed by atoms with Gasteiger partial charge in [-0.2, -0.15) is 18.3 Å². The number of carbonyl (C=O) groups excluding carboxylic acids is 1. The Morgan fingerprint density at radius 2 is 2.03 bits per heavy atom. The van der Waals surface area contributed by atoms with Gasteiger partial charge in [0.25, 0.3) is 0 Å². The van der Waals surface area contributed by atoms with Crippen LogP contribution in [0.25, 0.3) is 22.4 Å². The summed E-state index contributed by atoms with van der Waals surface area (Å²) < 4.78 is 67.9. The summed E-state index contributed by atoms with van der Waals surface area (Å²) >= 11 is 6.17. The van der Waals surface area contributed by atoms with Crippen LogP contribution in [-0.2, 0) is 22.2 Å². The molecule has 0 atom stereocenters. The molecular weight excluding hydrogens is 482 g/mol. The first kappa shape index (κ1) is 24.2. The Hall–Kier alpha value is -2.89. The van der Waals surface area contributed by atoms with Crippen molar-refractivity contribution in [3.8, 4) is 22.4 Å². The molecule has 3 heterocycles. The molecule has 1 aromatic carbocycles. The number of hydrogen-bond donors (Lipinski definition) is 2. The van der Waals surface area contributed by atoms with E-state index in [4.69, 9.17) is 21.1 Å². The zero-order valence-electron chi connectivity index (χ0n) is 18.0. The number of carbonyl (C=O) groups is 1. The van der Waals surface area contributed by atoms with E-state index in [1.54, 1.807) is 0 Å². The summed E-state index contributed by atoms with van der Waals surface area (Å²) in [5, 5.41) is 13.8. The van der Waals surface area contributed by atoms with Crippen molar-refractivity contribution in [3.05, 3.63) is 52.7 Å². The quantitative estimate of drug-likeness (QED) is 0.378. The molecule has 0 aliphatic carbocycles. The highest BCUT2D eigenvalue weighted by Crippen LogP contribution is 2.42. The van der Waals surface area contributed by atoms with Crippen LogP contribution in [0.15, 0.2) is 30.6 Å². The summed E-state index contributed by atoms with van der Waals surface area (Å²) in [4.78, 5) is 15.8. The number of aromatic amines is 1. The van der Waals surface area contributed by atoms with Gasteiger partial charge in [-0.25, -0.2) is 9.18 Å². The highest BCUT2D eigenvalue weighted by molar-refractivity contribution is 6.33. The van der Waals surface area contributed by atoms with Gasteiger partial charge in [0.2, 0.25) is 0 Å². The molecule has 0 saturated carbocycles. The van der Waals surface area contributed by atoms with Gasteiger partial charge in [0.05, 0.1) is 47.8 Å². The summed E-state index contributed by atoms with van der Waals surface area (Å²) in [5.74, 6) is -1.74. The van der Waals surface area contributed by atoms with Crippen molar-refractivity contribution in [2.75, 3.05) is 13.2 Å². The topological polar surface area (TPSA) is 89.4 Å². The molecule has 0 unspecified atom stereocenters. The first-order valence-electron chi connectivity index (χ1n) is 10.2. The van der Waals surface area contributed by atoms with Crippen LogP contribution < -0.4 is 0 Å². The van der Waals surface area contributed by atoms with Crippen molar-refractivity contribution in [2.24, 2.45) is 0 Å². The highest BCUT2D eigenvalue weighted by atomic mass is 35.5. The van der Waals surface area contributed by atoms with Gasteiger partial charge in [-0.3, -0.25) is 4.68 Å². The van der Waals surface area contributed by atoms with Gasteiger partial charge in [0, 0.05) is 22.9 Å². The van der Waals surface area contributed by atoms with Gasteiger partial charge in [0.15, 0.2) is 5.69 Å². The van der Waals surface area contributed by atoms with E-state index in [1.165, 1.54) is 32.2 Å². The van der Waals surface area contributed by atoms with Crippen molar-refractivity contribution >= 4 is 17.6 Å². The maximum Gasteiger partial charge on any atom is 0.433 e. The lowest BCUT2D eigenvalue weighted by Gasteiger charge is -2.26. The van der Waals surface area contributed by atoms with Crippen molar-refractivity contribution in [1.82, 2.24) is 14.8 Å². The SMILES string of the molecule is CC(C)(O)Cn1ncc(-c2[nH]cc(-c3c(F)cccc3Cl)c2C(=O)OC2COC2)c1C(F)(F)F. The van der Waals surface area contributed by atoms with Crippen molar-refractivity contribution in [3.63, 3.8) is 0 Å². The molecule has 1 fully saturated rings. The Morgan fingerprint density at radius 3 is 2.59 bits per heavy atom. The number of ether oxygens (including phenoxy) is 2. The number of aliphatic hydroxyl groups is 1. The molecule has 34 heavy (non-hydrogen) atoms. The minimum absolute atomic E-state index is 0.0413. The highest BCUT2D eigenvalue weighted by Gasteiger charge is 2.41. The lowest BCUT2D eigenvalue weighted by molar-refractivity contribution is -0.144. The van der Waals surface area contributed by atoms with E-state index in [0.717, 1.165) is 12.3 Å². The van der Waals surface area contributed by atoms with Crippen molar-refractivity contribution in [2.45, 2.75) is 38.3 Å². The Labute approximate surface area is 196 Å². The molecule has 4 rings (SSSR count). The Kier molecular flexibility index (Phi) is 6.21. The predicted octanol–water partition coefficient (Wildman–Crippen LogP) is 4.68. The average molecular weight is 502 g/mol. The van der Waals surface area contributed by atoms with Gasteiger partial charge >= 0.3 is 12.1 Å². The molecular formula is C22H20ClF4N3O4. The molecule has 182 valence electrons. The molecule has 1 aliphatic heterocycles. The van der Waals surface area contributed by atoms with Crippen LogP contribution in [0, 0.1) is 5.82 Å². The molecule has 0 amide bonds. The van der Waals surface area contributed by atoms with Gasteiger partial charge in [-0.05, 0) is 26.0 Å². The second kappa shape index (κ2) is 8.71. The average Bonchev–Trinajstić information content (AvgIpc) is 3.27. The number of aromatic nitrogens is 3. The fourth-order valence-electron chi connectivity index (χ4n) is 3.65. The normalized spacial score (nSPS) is 14.8. The van der Waals surface area contributed by atoms with E-state index in [2.05, 4.69) is 10.1 Å². The molecule has 2 N–H and O–H groups in total. The molecule has 3 aromatic rings. The van der Waals surface area contributed by atoms with Gasteiger partial charge in [-0.1, -0.05) is 17.7 Å². The number of hydrogen-bond acceptors (Lipinski definition) is 5. The Morgan fingerprint density at radius 1 is 1.32 bits per heavy atom. The van der Waals surface area contributed by atoms with E-state index in [9.17, 15) is 27.5 Å². The molecule has 1 aliphatic rings. The van der Waals surface area contributed by atoms with Gasteiger partial charge in [0.1, 0.15) is 11.9 Å². The molecule has 0 bridgehead atoms. The minimum atomic E-state index is -4.89. The number of esters is 1. The first-order valence-corrected chi connectivity index (χ1v) is 10.5. The summed E-state index contributed by atoms with van der Waals surface area (Å²) in [6, 6.07) is 3.87. The fourth-order valence-corrected chi connectivity index (χ4v) is 3.91. The number of alkyl halides is 3. The number of benzene rings is 1. The van der Waals surface area contributed by atoms with E-state index in [1.807, 2.05) is 0 Å². The maximum absolute atomic E-state index is 14.7. The molecule has 1 saturated heterocycles. The predicted molar refractivity (Wildman–Crippen MR) is 114 cm³/mol. The zero-order chi connectivity index (χ0) is 24.8. The fraction of sp³-hybridized carbons (Fsp3) is 0.364. The number of H-pyrrole nitrogens is 1. The largest absolute Gasteiger partial charge is 0.454 e. The zero-order valence-corrected chi connectivity index (χ0v) is 18.8. The lowest BCUT2D eigenvalue weighted by Crippen LogP contribution is -2.37. The van der Waals surface area contributed by atoms with Gasteiger partial charge < -0.3 is 19.6 Å². The van der Waals surface area contributed by atoms with Crippen LogP contribution in [0.4, 0.5) is 17.6 Å². The third kappa shape index (κ3) is 4.68. The Balaban J connectivity index is 1.92. The number of halogens is 5. The maximum atomic E-state index is 14.7. The smallest absolute Gasteiger partial charge is 0.433 e. The van der Waals surface area contributed by atoms with Crippen LogP contribution >= 0.6 is 11.6 Å².